The van der Waals surface area contributed by atoms with E-state index in [1.807, 2.05) is 0 Å². The van der Waals surface area contributed by atoms with Crippen LogP contribution in [0.4, 0.5) is 0 Å². The van der Waals surface area contributed by atoms with E-state index in [1.165, 1.54) is 6.42 Å². The minimum absolute atomic E-state index is 0.279. The summed E-state index contributed by atoms with van der Waals surface area (Å²) in [5.74, 6) is 2.14. The Morgan fingerprint density at radius 1 is 1.07 bits per heavy atom. The summed E-state index contributed by atoms with van der Waals surface area (Å²) in [6.07, 6.45) is 5.64. The lowest BCUT2D eigenvalue weighted by molar-refractivity contribution is -0.0292. The highest BCUT2D eigenvalue weighted by Crippen LogP contribution is 2.59. The lowest BCUT2D eigenvalue weighted by Crippen LogP contribution is -2.55. The molecule has 0 amide bonds. The van der Waals surface area contributed by atoms with Gasteiger partial charge in [0.25, 0.3) is 0 Å². The summed E-state index contributed by atoms with van der Waals surface area (Å²) in [5, 5.41) is 12.4. The van der Waals surface area contributed by atoms with Crippen molar-refractivity contribution in [3.8, 4) is 6.07 Å². The number of nitroso groups, excluding NO2 is 1. The number of nitriles is 1. The Morgan fingerprint density at radius 3 is 1.93 bits per heavy atom. The molecular weight excluding hydrogens is 176 g/mol. The Hall–Kier alpha value is -0.910. The minimum atomic E-state index is -0.840. The molecule has 3 nitrogen and oxygen atoms in total. The highest BCUT2D eigenvalue weighted by molar-refractivity contribution is 5.21. The normalized spacial score (nSPS) is 54.2. The average Bonchev–Trinajstić information content (AvgIpc) is 2.18. The second kappa shape index (κ2) is 2.56. The zero-order chi connectivity index (χ0) is 9.76. The lowest BCUT2D eigenvalue weighted by Gasteiger charge is -2.55. The third-order valence-corrected chi connectivity index (χ3v) is 4.71. The third-order valence-electron chi connectivity index (χ3n) is 4.71. The second-order valence-corrected chi connectivity index (χ2v) is 5.33. The molecule has 0 heterocycles. The molecule has 0 unspecified atom stereocenters. The molecule has 0 saturated heterocycles. The number of hydrogen-bond acceptors (Lipinski definition) is 3. The molecule has 0 aromatic heterocycles. The topological polar surface area (TPSA) is 53.2 Å². The summed E-state index contributed by atoms with van der Waals surface area (Å²) in [7, 11) is 0. The van der Waals surface area contributed by atoms with E-state index in [1.54, 1.807) is 0 Å². The summed E-state index contributed by atoms with van der Waals surface area (Å²) in [4.78, 5) is 11.0. The Bertz CT molecular complexity index is 290. The molecule has 4 fully saturated rings. The average molecular weight is 190 g/mol. The first-order valence-corrected chi connectivity index (χ1v) is 5.54. The lowest BCUT2D eigenvalue weighted by atomic mass is 9.49. The van der Waals surface area contributed by atoms with Gasteiger partial charge in [-0.15, -0.1) is 4.91 Å². The zero-order valence-electron chi connectivity index (χ0n) is 8.15. The standard InChI is InChI=1S/C11H14N2O/c12-6-11(13-14)9-2-7-1-8(4-9)5-10(11)3-7/h7-10H,1-5H2. The van der Waals surface area contributed by atoms with Crippen molar-refractivity contribution >= 4 is 0 Å². The fraction of sp³-hybridized carbons (Fsp3) is 0.909. The van der Waals surface area contributed by atoms with Crippen LogP contribution in [0, 0.1) is 39.9 Å². The molecule has 4 rings (SSSR count). The molecule has 4 bridgehead atoms. The van der Waals surface area contributed by atoms with Crippen LogP contribution in [0.2, 0.25) is 0 Å². The largest absolute Gasteiger partial charge is 0.195 e. The van der Waals surface area contributed by atoms with Crippen LogP contribution in [0.15, 0.2) is 5.18 Å². The van der Waals surface area contributed by atoms with Crippen LogP contribution in [-0.4, -0.2) is 5.54 Å². The first kappa shape index (κ1) is 8.40. The van der Waals surface area contributed by atoms with E-state index >= 15 is 0 Å². The summed E-state index contributed by atoms with van der Waals surface area (Å²) in [6.45, 7) is 0. The van der Waals surface area contributed by atoms with Crippen LogP contribution >= 0.6 is 0 Å². The van der Waals surface area contributed by atoms with Gasteiger partial charge in [-0.1, -0.05) is 0 Å². The van der Waals surface area contributed by atoms with E-state index in [0.717, 1.165) is 37.5 Å². The smallest absolute Gasteiger partial charge is 0.193 e. The minimum Gasteiger partial charge on any atom is -0.195 e. The second-order valence-electron chi connectivity index (χ2n) is 5.33. The van der Waals surface area contributed by atoms with E-state index in [4.69, 9.17) is 0 Å². The molecule has 4 aliphatic rings. The van der Waals surface area contributed by atoms with Gasteiger partial charge in [0.2, 0.25) is 0 Å². The van der Waals surface area contributed by atoms with Gasteiger partial charge in [0.1, 0.15) is 0 Å². The van der Waals surface area contributed by atoms with E-state index in [9.17, 15) is 10.2 Å². The number of nitrogens with zero attached hydrogens (tertiary/aromatic N) is 2. The van der Waals surface area contributed by atoms with Gasteiger partial charge in [-0.25, -0.2) is 0 Å². The van der Waals surface area contributed by atoms with Gasteiger partial charge >= 0.3 is 0 Å². The molecule has 3 heteroatoms. The maximum absolute atomic E-state index is 11.0. The molecule has 0 spiro atoms. The summed E-state index contributed by atoms with van der Waals surface area (Å²) in [6, 6.07) is 2.23. The first-order chi connectivity index (χ1) is 6.78. The van der Waals surface area contributed by atoms with Gasteiger partial charge in [0.15, 0.2) is 5.54 Å². The molecule has 14 heavy (non-hydrogen) atoms. The Labute approximate surface area is 83.5 Å². The predicted octanol–water partition coefficient (Wildman–Crippen LogP) is 2.47. The van der Waals surface area contributed by atoms with Gasteiger partial charge in [0.05, 0.1) is 6.07 Å². The molecular formula is C11H14N2O. The molecule has 0 N–H and O–H groups in total. The Morgan fingerprint density at radius 2 is 1.57 bits per heavy atom. The quantitative estimate of drug-likeness (QED) is 0.596. The summed E-state index contributed by atoms with van der Waals surface area (Å²) in [5.41, 5.74) is -0.840. The fourth-order valence-corrected chi connectivity index (χ4v) is 4.25. The molecule has 4 saturated carbocycles. The van der Waals surface area contributed by atoms with E-state index < -0.39 is 5.54 Å². The van der Waals surface area contributed by atoms with Crippen LogP contribution in [0.5, 0.6) is 0 Å². The molecule has 0 radical (unpaired) electrons. The van der Waals surface area contributed by atoms with Gasteiger partial charge < -0.3 is 0 Å². The van der Waals surface area contributed by atoms with Crippen molar-refractivity contribution in [3.05, 3.63) is 4.91 Å². The van der Waals surface area contributed by atoms with Gasteiger partial charge in [-0.05, 0) is 49.1 Å². The van der Waals surface area contributed by atoms with Crippen LogP contribution in [0.25, 0.3) is 0 Å². The van der Waals surface area contributed by atoms with E-state index in [2.05, 4.69) is 11.2 Å². The highest BCUT2D eigenvalue weighted by Gasteiger charge is 2.59. The van der Waals surface area contributed by atoms with Crippen LogP contribution in [-0.2, 0) is 0 Å². The summed E-state index contributed by atoms with van der Waals surface area (Å²) < 4.78 is 0. The molecule has 0 aromatic rings. The molecule has 0 aliphatic heterocycles. The van der Waals surface area contributed by atoms with Gasteiger partial charge in [-0.2, -0.15) is 5.26 Å². The van der Waals surface area contributed by atoms with Gasteiger partial charge in [-0.3, -0.25) is 0 Å². The Kier molecular flexibility index (Phi) is 1.54. The zero-order valence-corrected chi connectivity index (χ0v) is 8.15. The van der Waals surface area contributed by atoms with Gasteiger partial charge in [0, 0.05) is 11.8 Å². The van der Waals surface area contributed by atoms with Crippen LogP contribution in [0.3, 0.4) is 0 Å². The Balaban J connectivity index is 2.02. The number of rotatable bonds is 1. The highest BCUT2D eigenvalue weighted by atomic mass is 16.3. The molecule has 0 aromatic carbocycles. The molecule has 4 aliphatic carbocycles. The maximum Gasteiger partial charge on any atom is 0.193 e. The van der Waals surface area contributed by atoms with Crippen LogP contribution in [0.1, 0.15) is 32.1 Å². The predicted molar refractivity (Wildman–Crippen MR) is 51.2 cm³/mol. The fourth-order valence-electron chi connectivity index (χ4n) is 4.25. The van der Waals surface area contributed by atoms with Crippen molar-refractivity contribution in [2.24, 2.45) is 28.8 Å². The number of hydrogen-bond donors (Lipinski definition) is 0. The van der Waals surface area contributed by atoms with Crippen molar-refractivity contribution in [2.75, 3.05) is 0 Å². The molecule has 0 atom stereocenters. The van der Waals surface area contributed by atoms with E-state index in [-0.39, 0.29) is 11.8 Å². The molecule has 74 valence electrons. The van der Waals surface area contributed by atoms with Crippen molar-refractivity contribution in [1.82, 2.24) is 0 Å². The van der Waals surface area contributed by atoms with Crippen LogP contribution < -0.4 is 0 Å². The monoisotopic (exact) mass is 190 g/mol. The van der Waals surface area contributed by atoms with Crippen molar-refractivity contribution in [3.63, 3.8) is 0 Å². The maximum atomic E-state index is 11.0. The first-order valence-electron chi connectivity index (χ1n) is 5.54. The van der Waals surface area contributed by atoms with Crippen molar-refractivity contribution < 1.29 is 0 Å². The SMILES string of the molecule is N#CC1(N=O)C2CC3CC(C2)CC1C3. The summed E-state index contributed by atoms with van der Waals surface area (Å²) >= 11 is 0. The van der Waals surface area contributed by atoms with Crippen molar-refractivity contribution in [1.29, 1.82) is 5.26 Å². The third kappa shape index (κ3) is 0.821. The van der Waals surface area contributed by atoms with Crippen molar-refractivity contribution in [2.45, 2.75) is 37.6 Å². The van der Waals surface area contributed by atoms with E-state index in [0.29, 0.717) is 0 Å².